The molecular weight excluding hydrogens is 452 g/mol. The van der Waals surface area contributed by atoms with Crippen LogP contribution in [-0.2, 0) is 33.9 Å². The van der Waals surface area contributed by atoms with Crippen molar-refractivity contribution in [1.82, 2.24) is 9.62 Å². The van der Waals surface area contributed by atoms with Crippen molar-refractivity contribution in [3.63, 3.8) is 0 Å². The molecule has 184 valence electrons. The van der Waals surface area contributed by atoms with Crippen LogP contribution in [0.1, 0.15) is 33.1 Å². The zero-order valence-corrected chi connectivity index (χ0v) is 20.2. The Labute approximate surface area is 194 Å². The van der Waals surface area contributed by atoms with Gasteiger partial charge in [0, 0.05) is 13.1 Å². The van der Waals surface area contributed by atoms with E-state index in [-0.39, 0.29) is 23.9 Å². The molecular formula is C22H32N2O8S. The Bertz CT molecular complexity index is 930. The Hall–Kier alpha value is -2.66. The van der Waals surface area contributed by atoms with Crippen molar-refractivity contribution >= 4 is 27.9 Å². The molecule has 0 aliphatic carbocycles. The summed E-state index contributed by atoms with van der Waals surface area (Å²) in [5.41, 5.74) is 0. The minimum Gasteiger partial charge on any atom is -0.497 e. The molecule has 2 unspecified atom stereocenters. The smallest absolute Gasteiger partial charge is 0.328 e. The number of rotatable bonds is 10. The van der Waals surface area contributed by atoms with Gasteiger partial charge in [-0.2, -0.15) is 4.31 Å². The molecule has 1 saturated heterocycles. The number of nitrogens with one attached hydrogen (secondary N) is 1. The van der Waals surface area contributed by atoms with Crippen LogP contribution in [0.25, 0.3) is 0 Å². The molecule has 1 aromatic carbocycles. The summed E-state index contributed by atoms with van der Waals surface area (Å²) in [7, 11) is -1.06. The number of carbonyl (C=O) groups is 3. The van der Waals surface area contributed by atoms with Crippen LogP contribution in [0, 0.1) is 11.8 Å². The Kier molecular flexibility index (Phi) is 9.66. The molecule has 11 heteroatoms. The van der Waals surface area contributed by atoms with Gasteiger partial charge in [-0.05, 0) is 49.4 Å². The summed E-state index contributed by atoms with van der Waals surface area (Å²) < 4.78 is 42.0. The summed E-state index contributed by atoms with van der Waals surface area (Å²) in [4.78, 5) is 36.7. The molecule has 1 amide bonds. The molecule has 1 N–H and O–H groups in total. The Balaban J connectivity index is 1.94. The maximum atomic E-state index is 12.9. The first-order valence-electron chi connectivity index (χ1n) is 10.8. The third kappa shape index (κ3) is 7.43. The van der Waals surface area contributed by atoms with E-state index in [1.165, 1.54) is 30.7 Å². The number of carbonyl (C=O) groups excluding carboxylic acids is 3. The lowest BCUT2D eigenvalue weighted by Crippen LogP contribution is -2.45. The van der Waals surface area contributed by atoms with E-state index in [1.54, 1.807) is 12.1 Å². The van der Waals surface area contributed by atoms with E-state index in [0.29, 0.717) is 25.0 Å². The van der Waals surface area contributed by atoms with E-state index in [1.807, 2.05) is 13.8 Å². The molecule has 1 heterocycles. The van der Waals surface area contributed by atoms with Crippen molar-refractivity contribution in [2.24, 2.45) is 11.8 Å². The van der Waals surface area contributed by atoms with Crippen LogP contribution in [0.15, 0.2) is 29.2 Å². The zero-order valence-electron chi connectivity index (χ0n) is 19.4. The SMILES string of the molecule is COC(=O)C(CC(C)C)NC(=O)COC(=O)C1CCCN(S(=O)(=O)c2ccc(OC)cc2)C1. The van der Waals surface area contributed by atoms with Crippen LogP contribution in [0.4, 0.5) is 0 Å². The van der Waals surface area contributed by atoms with Crippen molar-refractivity contribution in [3.05, 3.63) is 24.3 Å². The van der Waals surface area contributed by atoms with Crippen molar-refractivity contribution in [3.8, 4) is 5.75 Å². The van der Waals surface area contributed by atoms with Gasteiger partial charge in [0.15, 0.2) is 6.61 Å². The van der Waals surface area contributed by atoms with Crippen LogP contribution >= 0.6 is 0 Å². The highest BCUT2D eigenvalue weighted by Gasteiger charge is 2.34. The summed E-state index contributed by atoms with van der Waals surface area (Å²) in [5, 5.41) is 2.51. The monoisotopic (exact) mass is 484 g/mol. The van der Waals surface area contributed by atoms with E-state index < -0.39 is 46.4 Å². The Morgan fingerprint density at radius 3 is 2.39 bits per heavy atom. The van der Waals surface area contributed by atoms with Crippen LogP contribution in [-0.4, -0.2) is 70.5 Å². The van der Waals surface area contributed by atoms with E-state index in [9.17, 15) is 22.8 Å². The molecule has 0 bridgehead atoms. The fourth-order valence-corrected chi connectivity index (χ4v) is 5.09. The number of amides is 1. The first-order chi connectivity index (χ1) is 15.6. The van der Waals surface area contributed by atoms with Gasteiger partial charge in [-0.3, -0.25) is 9.59 Å². The average molecular weight is 485 g/mol. The quantitative estimate of drug-likeness (QED) is 0.493. The molecule has 2 rings (SSSR count). The van der Waals surface area contributed by atoms with Crippen molar-refractivity contribution in [2.45, 2.75) is 44.0 Å². The number of sulfonamides is 1. The topological polar surface area (TPSA) is 128 Å². The van der Waals surface area contributed by atoms with Crippen LogP contribution in [0.3, 0.4) is 0 Å². The first kappa shape index (κ1) is 26.6. The Morgan fingerprint density at radius 2 is 1.82 bits per heavy atom. The summed E-state index contributed by atoms with van der Waals surface area (Å²) in [6.45, 7) is 3.49. The summed E-state index contributed by atoms with van der Waals surface area (Å²) in [5.74, 6) is -1.87. The number of methoxy groups -OCH3 is 2. The average Bonchev–Trinajstić information content (AvgIpc) is 2.81. The van der Waals surface area contributed by atoms with Gasteiger partial charge in [-0.15, -0.1) is 0 Å². The molecule has 0 radical (unpaired) electrons. The molecule has 0 spiro atoms. The minimum absolute atomic E-state index is 0.0348. The van der Waals surface area contributed by atoms with Crippen LogP contribution in [0.5, 0.6) is 5.75 Å². The van der Waals surface area contributed by atoms with E-state index >= 15 is 0 Å². The lowest BCUT2D eigenvalue weighted by Gasteiger charge is -2.30. The number of esters is 2. The summed E-state index contributed by atoms with van der Waals surface area (Å²) in [6.07, 6.45) is 1.32. The van der Waals surface area contributed by atoms with E-state index in [0.717, 1.165) is 0 Å². The van der Waals surface area contributed by atoms with Crippen molar-refractivity contribution in [1.29, 1.82) is 0 Å². The lowest BCUT2D eigenvalue weighted by atomic mass is 10.00. The standard InChI is InChI=1S/C22H32N2O8S/c1-15(2)12-19(22(27)31-4)23-20(25)14-32-21(26)16-6-5-11-24(13-16)33(28,29)18-9-7-17(30-3)8-10-18/h7-10,15-16,19H,5-6,11-14H2,1-4H3,(H,23,25). The van der Waals surface area contributed by atoms with Crippen LogP contribution < -0.4 is 10.1 Å². The molecule has 2 atom stereocenters. The van der Waals surface area contributed by atoms with Gasteiger partial charge in [-0.1, -0.05) is 13.8 Å². The van der Waals surface area contributed by atoms with Gasteiger partial charge in [0.2, 0.25) is 10.0 Å². The minimum atomic E-state index is -3.79. The van der Waals surface area contributed by atoms with Crippen molar-refractivity contribution in [2.75, 3.05) is 33.9 Å². The summed E-state index contributed by atoms with van der Waals surface area (Å²) in [6, 6.07) is 5.19. The number of ether oxygens (including phenoxy) is 3. The molecule has 0 saturated carbocycles. The molecule has 1 fully saturated rings. The van der Waals surface area contributed by atoms with Gasteiger partial charge >= 0.3 is 11.9 Å². The largest absolute Gasteiger partial charge is 0.497 e. The first-order valence-corrected chi connectivity index (χ1v) is 12.2. The second-order valence-corrected chi connectivity index (χ2v) is 10.2. The number of hydrogen-bond acceptors (Lipinski definition) is 8. The third-order valence-corrected chi connectivity index (χ3v) is 7.17. The highest BCUT2D eigenvalue weighted by molar-refractivity contribution is 7.89. The van der Waals surface area contributed by atoms with Gasteiger partial charge in [0.05, 0.1) is 25.0 Å². The number of nitrogens with zero attached hydrogens (tertiary/aromatic N) is 1. The predicted octanol–water partition coefficient (Wildman–Crippen LogP) is 1.34. The summed E-state index contributed by atoms with van der Waals surface area (Å²) >= 11 is 0. The molecule has 1 aromatic rings. The third-order valence-electron chi connectivity index (χ3n) is 5.29. The number of hydrogen-bond donors (Lipinski definition) is 1. The van der Waals surface area contributed by atoms with Gasteiger partial charge in [0.1, 0.15) is 11.8 Å². The highest BCUT2D eigenvalue weighted by atomic mass is 32.2. The van der Waals surface area contributed by atoms with E-state index in [2.05, 4.69) is 5.32 Å². The molecule has 1 aliphatic rings. The van der Waals surface area contributed by atoms with Crippen molar-refractivity contribution < 1.29 is 37.0 Å². The fourth-order valence-electron chi connectivity index (χ4n) is 3.57. The second kappa shape index (κ2) is 12.0. The molecule has 33 heavy (non-hydrogen) atoms. The van der Waals surface area contributed by atoms with E-state index in [4.69, 9.17) is 14.2 Å². The zero-order chi connectivity index (χ0) is 24.6. The maximum absolute atomic E-state index is 12.9. The normalized spacial score (nSPS) is 17.8. The highest BCUT2D eigenvalue weighted by Crippen LogP contribution is 2.25. The van der Waals surface area contributed by atoms with Gasteiger partial charge < -0.3 is 19.5 Å². The number of benzene rings is 1. The fraction of sp³-hybridized carbons (Fsp3) is 0.591. The number of piperidine rings is 1. The lowest BCUT2D eigenvalue weighted by molar-refractivity contribution is -0.154. The van der Waals surface area contributed by atoms with Gasteiger partial charge in [0.25, 0.3) is 5.91 Å². The predicted molar refractivity (Wildman–Crippen MR) is 119 cm³/mol. The second-order valence-electron chi connectivity index (χ2n) is 8.26. The molecule has 10 nitrogen and oxygen atoms in total. The van der Waals surface area contributed by atoms with Gasteiger partial charge in [-0.25, -0.2) is 13.2 Å². The Morgan fingerprint density at radius 1 is 1.15 bits per heavy atom. The maximum Gasteiger partial charge on any atom is 0.328 e. The van der Waals surface area contributed by atoms with Crippen LogP contribution in [0.2, 0.25) is 0 Å². The molecule has 1 aliphatic heterocycles. The molecule has 0 aromatic heterocycles.